The molecule has 18 heavy (non-hydrogen) atoms. The number of aliphatic carboxylic acids is 1. The number of hydrogen-bond donors (Lipinski definition) is 1. The van der Waals surface area contributed by atoms with Gasteiger partial charge in [-0.25, -0.2) is 0 Å². The molecule has 0 fully saturated rings. The quantitative estimate of drug-likeness (QED) is 0.767. The molecule has 0 saturated heterocycles. The minimum atomic E-state index is -0.697. The maximum Gasteiger partial charge on any atom is 0.303 e. The van der Waals surface area contributed by atoms with Crippen molar-refractivity contribution in [3.05, 3.63) is 30.3 Å². The second-order valence-corrected chi connectivity index (χ2v) is 4.63. The smallest absolute Gasteiger partial charge is 0.303 e. The van der Waals surface area contributed by atoms with Crippen molar-refractivity contribution in [2.45, 2.75) is 33.1 Å². The Kier molecular flexibility index (Phi) is 6.26. The molecule has 1 aromatic carbocycles. The Labute approximate surface area is 109 Å². The first-order chi connectivity index (χ1) is 8.67. The Morgan fingerprint density at radius 3 is 2.44 bits per heavy atom. The van der Waals surface area contributed by atoms with Gasteiger partial charge in [-0.05, 0) is 31.4 Å². The van der Waals surface area contributed by atoms with Crippen LogP contribution < -0.4 is 4.90 Å². The molecule has 1 aromatic rings. The topological polar surface area (TPSA) is 40.5 Å². The molecule has 3 heteroatoms. The molecular formula is C15H23NO2. The fourth-order valence-electron chi connectivity index (χ4n) is 2.28. The van der Waals surface area contributed by atoms with E-state index in [0.717, 1.165) is 25.9 Å². The van der Waals surface area contributed by atoms with Crippen molar-refractivity contribution in [2.24, 2.45) is 5.92 Å². The maximum atomic E-state index is 10.9. The van der Waals surface area contributed by atoms with Gasteiger partial charge in [-0.1, -0.05) is 31.5 Å². The van der Waals surface area contributed by atoms with Gasteiger partial charge in [0.1, 0.15) is 0 Å². The van der Waals surface area contributed by atoms with E-state index in [-0.39, 0.29) is 12.3 Å². The van der Waals surface area contributed by atoms with Gasteiger partial charge in [-0.2, -0.15) is 0 Å². The highest BCUT2D eigenvalue weighted by Crippen LogP contribution is 2.19. The zero-order valence-electron chi connectivity index (χ0n) is 11.3. The molecule has 0 aliphatic heterocycles. The van der Waals surface area contributed by atoms with Gasteiger partial charge in [0.15, 0.2) is 0 Å². The van der Waals surface area contributed by atoms with E-state index in [1.807, 2.05) is 18.2 Å². The zero-order chi connectivity index (χ0) is 13.4. The fourth-order valence-corrected chi connectivity index (χ4v) is 2.28. The number of benzene rings is 1. The predicted octanol–water partition coefficient (Wildman–Crippen LogP) is 3.40. The monoisotopic (exact) mass is 249 g/mol. The molecule has 0 bridgehead atoms. The fraction of sp³-hybridized carbons (Fsp3) is 0.533. The van der Waals surface area contributed by atoms with E-state index in [1.165, 1.54) is 5.69 Å². The van der Waals surface area contributed by atoms with E-state index >= 15 is 0 Å². The van der Waals surface area contributed by atoms with E-state index in [1.54, 1.807) is 0 Å². The van der Waals surface area contributed by atoms with Gasteiger partial charge in [0.05, 0.1) is 0 Å². The second-order valence-electron chi connectivity index (χ2n) is 4.63. The lowest BCUT2D eigenvalue weighted by Gasteiger charge is -2.27. The van der Waals surface area contributed by atoms with Gasteiger partial charge in [-0.15, -0.1) is 0 Å². The van der Waals surface area contributed by atoms with Crippen molar-refractivity contribution in [3.63, 3.8) is 0 Å². The molecule has 0 amide bonds. The summed E-state index contributed by atoms with van der Waals surface area (Å²) in [5.41, 5.74) is 1.17. The average Bonchev–Trinajstić information content (AvgIpc) is 2.36. The number of nitrogens with zero attached hydrogens (tertiary/aromatic N) is 1. The third-order valence-corrected chi connectivity index (χ3v) is 3.14. The molecule has 0 unspecified atom stereocenters. The summed E-state index contributed by atoms with van der Waals surface area (Å²) in [5, 5.41) is 8.95. The summed E-state index contributed by atoms with van der Waals surface area (Å²) in [6, 6.07) is 10.2. The van der Waals surface area contributed by atoms with Gasteiger partial charge >= 0.3 is 5.97 Å². The molecule has 1 N–H and O–H groups in total. The van der Waals surface area contributed by atoms with Crippen LogP contribution in [0, 0.1) is 5.92 Å². The Morgan fingerprint density at radius 1 is 1.28 bits per heavy atom. The third-order valence-electron chi connectivity index (χ3n) is 3.14. The number of rotatable bonds is 8. The summed E-state index contributed by atoms with van der Waals surface area (Å²) in [6.45, 7) is 5.94. The summed E-state index contributed by atoms with van der Waals surface area (Å²) in [6.07, 6.45) is 2.26. The van der Waals surface area contributed by atoms with Crippen molar-refractivity contribution < 1.29 is 9.90 Å². The summed E-state index contributed by atoms with van der Waals surface area (Å²) in [7, 11) is 0. The van der Waals surface area contributed by atoms with Crippen molar-refractivity contribution in [1.29, 1.82) is 0 Å². The Balaban J connectivity index is 2.67. The minimum Gasteiger partial charge on any atom is -0.481 e. The van der Waals surface area contributed by atoms with Crippen molar-refractivity contribution in [1.82, 2.24) is 0 Å². The molecule has 0 aliphatic carbocycles. The van der Waals surface area contributed by atoms with Crippen LogP contribution in [0.15, 0.2) is 30.3 Å². The molecule has 1 rings (SSSR count). The largest absolute Gasteiger partial charge is 0.481 e. The van der Waals surface area contributed by atoms with Gasteiger partial charge in [-0.3, -0.25) is 4.79 Å². The second kappa shape index (κ2) is 7.75. The summed E-state index contributed by atoms with van der Waals surface area (Å²) in [4.78, 5) is 13.1. The number of carbonyl (C=O) groups is 1. The maximum absolute atomic E-state index is 10.9. The van der Waals surface area contributed by atoms with E-state index < -0.39 is 5.97 Å². The van der Waals surface area contributed by atoms with Crippen LogP contribution in [-0.2, 0) is 4.79 Å². The first kappa shape index (κ1) is 14.6. The molecule has 0 aliphatic rings. The number of para-hydroxylation sites is 1. The lowest BCUT2D eigenvalue weighted by molar-refractivity contribution is -0.138. The normalized spacial score (nSPS) is 12.1. The van der Waals surface area contributed by atoms with E-state index in [9.17, 15) is 4.79 Å². The molecule has 1 atom stereocenters. The van der Waals surface area contributed by atoms with E-state index in [0.29, 0.717) is 0 Å². The van der Waals surface area contributed by atoms with Crippen LogP contribution in [0.4, 0.5) is 5.69 Å². The minimum absolute atomic E-state index is 0.229. The Morgan fingerprint density at radius 2 is 1.94 bits per heavy atom. The average molecular weight is 249 g/mol. The summed E-state index contributed by atoms with van der Waals surface area (Å²) in [5.74, 6) is -0.467. The predicted molar refractivity (Wildman–Crippen MR) is 75.0 cm³/mol. The molecule has 3 nitrogen and oxygen atoms in total. The summed E-state index contributed by atoms with van der Waals surface area (Å²) < 4.78 is 0. The van der Waals surface area contributed by atoms with E-state index in [4.69, 9.17) is 5.11 Å². The van der Waals surface area contributed by atoms with Crippen molar-refractivity contribution in [3.8, 4) is 0 Å². The van der Waals surface area contributed by atoms with Crippen LogP contribution in [0.1, 0.15) is 33.1 Å². The van der Waals surface area contributed by atoms with Crippen LogP contribution in [-0.4, -0.2) is 24.2 Å². The number of carboxylic acid groups (broad SMARTS) is 1. The number of anilines is 1. The molecule has 0 spiro atoms. The molecule has 0 radical (unpaired) electrons. The lowest BCUT2D eigenvalue weighted by atomic mass is 9.99. The Bertz CT molecular complexity index is 351. The zero-order valence-corrected chi connectivity index (χ0v) is 11.3. The lowest BCUT2D eigenvalue weighted by Crippen LogP contribution is -2.30. The molecular weight excluding hydrogens is 226 g/mol. The van der Waals surface area contributed by atoms with Crippen LogP contribution in [0.3, 0.4) is 0 Å². The van der Waals surface area contributed by atoms with Crippen LogP contribution in [0.25, 0.3) is 0 Å². The molecule has 0 saturated carbocycles. The molecule has 100 valence electrons. The molecule has 0 heterocycles. The number of hydrogen-bond acceptors (Lipinski definition) is 2. The highest BCUT2D eigenvalue weighted by Gasteiger charge is 2.16. The first-order valence-electron chi connectivity index (χ1n) is 6.69. The SMILES string of the molecule is CCC[C@@H](CC(=O)O)CN(CC)c1ccccc1. The van der Waals surface area contributed by atoms with Gasteiger partial charge in [0, 0.05) is 25.2 Å². The standard InChI is InChI=1S/C15H23NO2/c1-3-8-13(11-15(17)18)12-16(4-2)14-9-6-5-7-10-14/h5-7,9-10,13H,3-4,8,11-12H2,1-2H3,(H,17,18)/t13-/m0/s1. The summed E-state index contributed by atoms with van der Waals surface area (Å²) >= 11 is 0. The van der Waals surface area contributed by atoms with Crippen LogP contribution >= 0.6 is 0 Å². The van der Waals surface area contributed by atoms with Crippen molar-refractivity contribution in [2.75, 3.05) is 18.0 Å². The van der Waals surface area contributed by atoms with Gasteiger partial charge in [0.25, 0.3) is 0 Å². The van der Waals surface area contributed by atoms with Crippen LogP contribution in [0.5, 0.6) is 0 Å². The van der Waals surface area contributed by atoms with Crippen LogP contribution in [0.2, 0.25) is 0 Å². The van der Waals surface area contributed by atoms with E-state index in [2.05, 4.69) is 30.9 Å². The highest BCUT2D eigenvalue weighted by molar-refractivity contribution is 5.67. The van der Waals surface area contributed by atoms with Gasteiger partial charge in [0.2, 0.25) is 0 Å². The molecule has 0 aromatic heterocycles. The van der Waals surface area contributed by atoms with Gasteiger partial charge < -0.3 is 10.0 Å². The third kappa shape index (κ3) is 4.78. The first-order valence-corrected chi connectivity index (χ1v) is 6.69. The Hall–Kier alpha value is -1.51. The van der Waals surface area contributed by atoms with Crippen molar-refractivity contribution >= 4 is 11.7 Å². The number of carboxylic acids is 1. The highest BCUT2D eigenvalue weighted by atomic mass is 16.4.